The highest BCUT2D eigenvalue weighted by molar-refractivity contribution is 5.69. The Labute approximate surface area is 153 Å². The zero-order valence-electron chi connectivity index (χ0n) is 15.3. The van der Waals surface area contributed by atoms with Gasteiger partial charge in [0.1, 0.15) is 29.5 Å². The minimum atomic E-state index is 0.665. The largest absolute Gasteiger partial charge is 0.495 e. The number of nitrogens with one attached hydrogen (secondary N) is 2. The standard InChI is InChI=1S/C20H22N4O2/c1-13-5-7-17(25-3)15(9-13)23-19-11-20(22-12-21-19)24-16-10-14(2)6-8-18(16)26-4/h5-12H,1-4H3,(H2,21,22,23,24). The quantitative estimate of drug-likeness (QED) is 0.677. The number of hydrogen-bond acceptors (Lipinski definition) is 6. The molecule has 0 bridgehead atoms. The highest BCUT2D eigenvalue weighted by Crippen LogP contribution is 2.30. The predicted molar refractivity (Wildman–Crippen MR) is 104 cm³/mol. The Kier molecular flexibility index (Phi) is 5.22. The Morgan fingerprint density at radius 1 is 0.692 bits per heavy atom. The van der Waals surface area contributed by atoms with Crippen LogP contribution in [0.2, 0.25) is 0 Å². The highest BCUT2D eigenvalue weighted by Gasteiger charge is 2.08. The molecule has 0 amide bonds. The molecule has 2 aromatic carbocycles. The van der Waals surface area contributed by atoms with Gasteiger partial charge in [-0.25, -0.2) is 9.97 Å². The van der Waals surface area contributed by atoms with E-state index in [-0.39, 0.29) is 0 Å². The van der Waals surface area contributed by atoms with Gasteiger partial charge in [-0.3, -0.25) is 0 Å². The molecule has 0 atom stereocenters. The van der Waals surface area contributed by atoms with Crippen LogP contribution in [0.25, 0.3) is 0 Å². The molecule has 134 valence electrons. The van der Waals surface area contributed by atoms with E-state index in [1.165, 1.54) is 6.33 Å². The molecule has 26 heavy (non-hydrogen) atoms. The molecule has 1 aromatic heterocycles. The summed E-state index contributed by atoms with van der Waals surface area (Å²) in [6.07, 6.45) is 1.51. The van der Waals surface area contributed by atoms with Crippen molar-refractivity contribution in [2.45, 2.75) is 13.8 Å². The van der Waals surface area contributed by atoms with Crippen molar-refractivity contribution in [3.05, 3.63) is 59.9 Å². The van der Waals surface area contributed by atoms with E-state index < -0.39 is 0 Å². The Balaban J connectivity index is 1.85. The SMILES string of the molecule is COc1ccc(C)cc1Nc1cc(Nc2cc(C)ccc2OC)ncn1. The molecular formula is C20H22N4O2. The molecule has 0 saturated heterocycles. The van der Waals surface area contributed by atoms with E-state index in [1.54, 1.807) is 14.2 Å². The average Bonchev–Trinajstić information content (AvgIpc) is 2.62. The zero-order chi connectivity index (χ0) is 18.5. The fraction of sp³-hybridized carbons (Fsp3) is 0.200. The maximum Gasteiger partial charge on any atom is 0.142 e. The number of anilines is 4. The second kappa shape index (κ2) is 7.74. The van der Waals surface area contributed by atoms with Gasteiger partial charge in [0, 0.05) is 6.07 Å². The number of aromatic nitrogens is 2. The number of benzene rings is 2. The van der Waals surface area contributed by atoms with Crippen LogP contribution >= 0.6 is 0 Å². The first-order valence-electron chi connectivity index (χ1n) is 8.24. The first-order chi connectivity index (χ1) is 12.6. The van der Waals surface area contributed by atoms with E-state index in [2.05, 4.69) is 20.6 Å². The molecule has 0 fully saturated rings. The lowest BCUT2D eigenvalue weighted by molar-refractivity contribution is 0.416. The summed E-state index contributed by atoms with van der Waals surface area (Å²) in [5.41, 5.74) is 3.96. The number of nitrogens with zero attached hydrogens (tertiary/aromatic N) is 2. The Morgan fingerprint density at radius 2 is 1.15 bits per heavy atom. The molecule has 0 aliphatic rings. The first kappa shape index (κ1) is 17.5. The van der Waals surface area contributed by atoms with Gasteiger partial charge in [0.25, 0.3) is 0 Å². The molecule has 2 N–H and O–H groups in total. The van der Waals surface area contributed by atoms with Crippen molar-refractivity contribution in [1.29, 1.82) is 0 Å². The Bertz CT molecular complexity index is 841. The Morgan fingerprint density at radius 3 is 1.58 bits per heavy atom. The molecular weight excluding hydrogens is 328 g/mol. The monoisotopic (exact) mass is 350 g/mol. The van der Waals surface area contributed by atoms with Crippen LogP contribution in [0.4, 0.5) is 23.0 Å². The second-order valence-electron chi connectivity index (χ2n) is 5.95. The van der Waals surface area contributed by atoms with Crippen LogP contribution in [0.15, 0.2) is 48.8 Å². The van der Waals surface area contributed by atoms with Gasteiger partial charge in [0.15, 0.2) is 0 Å². The van der Waals surface area contributed by atoms with Crippen molar-refractivity contribution < 1.29 is 9.47 Å². The number of hydrogen-bond donors (Lipinski definition) is 2. The smallest absolute Gasteiger partial charge is 0.142 e. The predicted octanol–water partition coefficient (Wildman–Crippen LogP) is 4.60. The van der Waals surface area contributed by atoms with Crippen molar-refractivity contribution in [2.75, 3.05) is 24.9 Å². The summed E-state index contributed by atoms with van der Waals surface area (Å²) in [5.74, 6) is 2.84. The molecule has 0 spiro atoms. The summed E-state index contributed by atoms with van der Waals surface area (Å²) in [7, 11) is 3.29. The van der Waals surface area contributed by atoms with Gasteiger partial charge < -0.3 is 20.1 Å². The molecule has 0 aliphatic carbocycles. The molecule has 3 aromatic rings. The molecule has 6 heteroatoms. The van der Waals surface area contributed by atoms with Gasteiger partial charge in [-0.15, -0.1) is 0 Å². The van der Waals surface area contributed by atoms with Crippen molar-refractivity contribution in [3.8, 4) is 11.5 Å². The van der Waals surface area contributed by atoms with Crippen LogP contribution in [0.1, 0.15) is 11.1 Å². The van der Waals surface area contributed by atoms with Gasteiger partial charge in [-0.2, -0.15) is 0 Å². The van der Waals surface area contributed by atoms with E-state index in [0.717, 1.165) is 34.0 Å². The topological polar surface area (TPSA) is 68.3 Å². The number of ether oxygens (including phenoxy) is 2. The lowest BCUT2D eigenvalue weighted by Crippen LogP contribution is -2.01. The summed E-state index contributed by atoms with van der Waals surface area (Å²) in [6, 6.07) is 13.7. The molecule has 1 heterocycles. The maximum absolute atomic E-state index is 5.40. The van der Waals surface area contributed by atoms with E-state index in [9.17, 15) is 0 Å². The normalized spacial score (nSPS) is 10.3. The summed E-state index contributed by atoms with van der Waals surface area (Å²) in [6.45, 7) is 4.06. The molecule has 6 nitrogen and oxygen atoms in total. The van der Waals surface area contributed by atoms with E-state index in [4.69, 9.17) is 9.47 Å². The average molecular weight is 350 g/mol. The van der Waals surface area contributed by atoms with Gasteiger partial charge >= 0.3 is 0 Å². The Hall–Kier alpha value is -3.28. The minimum absolute atomic E-state index is 0.665. The summed E-state index contributed by atoms with van der Waals surface area (Å²) >= 11 is 0. The van der Waals surface area contributed by atoms with Crippen molar-refractivity contribution in [3.63, 3.8) is 0 Å². The first-order valence-corrected chi connectivity index (χ1v) is 8.24. The molecule has 0 saturated carbocycles. The van der Waals surface area contributed by atoms with Crippen LogP contribution in [0, 0.1) is 13.8 Å². The third-order valence-corrected chi connectivity index (χ3v) is 3.90. The fourth-order valence-electron chi connectivity index (χ4n) is 2.61. The third-order valence-electron chi connectivity index (χ3n) is 3.90. The lowest BCUT2D eigenvalue weighted by atomic mass is 10.2. The van der Waals surface area contributed by atoms with Crippen LogP contribution in [0.5, 0.6) is 11.5 Å². The molecule has 3 rings (SSSR count). The van der Waals surface area contributed by atoms with Crippen LogP contribution in [-0.2, 0) is 0 Å². The molecule has 0 unspecified atom stereocenters. The van der Waals surface area contributed by atoms with Gasteiger partial charge in [-0.05, 0) is 49.2 Å². The second-order valence-corrected chi connectivity index (χ2v) is 5.95. The fourth-order valence-corrected chi connectivity index (χ4v) is 2.61. The van der Waals surface area contributed by atoms with Crippen LogP contribution in [-0.4, -0.2) is 24.2 Å². The zero-order valence-corrected chi connectivity index (χ0v) is 15.3. The lowest BCUT2D eigenvalue weighted by Gasteiger charge is -2.14. The van der Waals surface area contributed by atoms with E-state index in [0.29, 0.717) is 11.6 Å². The maximum atomic E-state index is 5.40. The number of methoxy groups -OCH3 is 2. The number of rotatable bonds is 6. The van der Waals surface area contributed by atoms with E-state index in [1.807, 2.05) is 56.3 Å². The minimum Gasteiger partial charge on any atom is -0.495 e. The highest BCUT2D eigenvalue weighted by atomic mass is 16.5. The summed E-state index contributed by atoms with van der Waals surface area (Å²) < 4.78 is 10.8. The van der Waals surface area contributed by atoms with Crippen molar-refractivity contribution in [2.24, 2.45) is 0 Å². The van der Waals surface area contributed by atoms with Gasteiger partial charge in [0.05, 0.1) is 25.6 Å². The summed E-state index contributed by atoms with van der Waals surface area (Å²) in [5, 5.41) is 6.57. The van der Waals surface area contributed by atoms with Crippen molar-refractivity contribution >= 4 is 23.0 Å². The molecule has 0 radical (unpaired) electrons. The van der Waals surface area contributed by atoms with Gasteiger partial charge in [0.2, 0.25) is 0 Å². The third kappa shape index (κ3) is 4.03. The summed E-state index contributed by atoms with van der Waals surface area (Å²) in [4.78, 5) is 8.58. The van der Waals surface area contributed by atoms with Crippen molar-refractivity contribution in [1.82, 2.24) is 9.97 Å². The van der Waals surface area contributed by atoms with Crippen LogP contribution in [0.3, 0.4) is 0 Å². The van der Waals surface area contributed by atoms with Gasteiger partial charge in [-0.1, -0.05) is 12.1 Å². The van der Waals surface area contributed by atoms with E-state index >= 15 is 0 Å². The number of aryl methyl sites for hydroxylation is 2. The van der Waals surface area contributed by atoms with Crippen LogP contribution < -0.4 is 20.1 Å². The molecule has 0 aliphatic heterocycles.